The molecule has 21 heavy (non-hydrogen) atoms. The van der Waals surface area contributed by atoms with E-state index in [0.29, 0.717) is 36.2 Å². The van der Waals surface area contributed by atoms with Crippen molar-refractivity contribution >= 4 is 23.2 Å². The van der Waals surface area contributed by atoms with Gasteiger partial charge < -0.3 is 10.1 Å². The average Bonchev–Trinajstić information content (AvgIpc) is 2.48. The van der Waals surface area contributed by atoms with E-state index in [0.717, 1.165) is 5.56 Å². The lowest BCUT2D eigenvalue weighted by Gasteiger charge is -2.06. The van der Waals surface area contributed by atoms with Crippen LogP contribution in [0.4, 0.5) is 5.69 Å². The largest absolute Gasteiger partial charge is 0.464 e. The fraction of sp³-hybridized carbons (Fsp3) is 0.267. The minimum Gasteiger partial charge on any atom is -0.464 e. The number of aromatic nitrogens is 2. The van der Waals surface area contributed by atoms with E-state index in [1.54, 1.807) is 0 Å². The van der Waals surface area contributed by atoms with E-state index in [2.05, 4.69) is 15.3 Å². The number of hydrogen-bond donors (Lipinski definition) is 1. The molecule has 0 aliphatic heterocycles. The van der Waals surface area contributed by atoms with E-state index in [1.165, 1.54) is 12.4 Å². The fourth-order valence-electron chi connectivity index (χ4n) is 1.76. The van der Waals surface area contributed by atoms with E-state index in [9.17, 15) is 4.79 Å². The van der Waals surface area contributed by atoms with Crippen molar-refractivity contribution in [1.82, 2.24) is 9.97 Å². The number of anilines is 1. The zero-order chi connectivity index (χ0) is 15.1. The van der Waals surface area contributed by atoms with Crippen molar-refractivity contribution in [2.45, 2.75) is 19.8 Å². The number of amides is 1. The molecule has 0 spiro atoms. The summed E-state index contributed by atoms with van der Waals surface area (Å²) in [5.41, 5.74) is 1.58. The highest BCUT2D eigenvalue weighted by atomic mass is 35.5. The van der Waals surface area contributed by atoms with Gasteiger partial charge in [-0.2, -0.15) is 0 Å². The molecule has 0 bridgehead atoms. The van der Waals surface area contributed by atoms with Gasteiger partial charge in [-0.3, -0.25) is 4.79 Å². The maximum atomic E-state index is 11.9. The monoisotopic (exact) mass is 305 g/mol. The minimum atomic E-state index is -0.0947. The lowest BCUT2D eigenvalue weighted by Crippen LogP contribution is -2.13. The molecular formula is C15H16ClN3O2. The van der Waals surface area contributed by atoms with Gasteiger partial charge in [0.1, 0.15) is 0 Å². The zero-order valence-corrected chi connectivity index (χ0v) is 12.4. The van der Waals surface area contributed by atoms with Crippen molar-refractivity contribution in [2.24, 2.45) is 0 Å². The number of hydrogen-bond acceptors (Lipinski definition) is 4. The Morgan fingerprint density at radius 3 is 2.76 bits per heavy atom. The molecule has 1 heterocycles. The van der Waals surface area contributed by atoms with Crippen LogP contribution in [-0.2, 0) is 11.2 Å². The molecule has 1 amide bonds. The molecular weight excluding hydrogens is 290 g/mol. The highest BCUT2D eigenvalue weighted by Gasteiger charge is 2.05. The van der Waals surface area contributed by atoms with Gasteiger partial charge in [0.2, 0.25) is 5.91 Å². The number of aryl methyl sites for hydroxylation is 1. The van der Waals surface area contributed by atoms with Crippen LogP contribution < -0.4 is 10.1 Å². The Balaban J connectivity index is 1.84. The highest BCUT2D eigenvalue weighted by Crippen LogP contribution is 2.13. The first-order chi connectivity index (χ1) is 10.2. The summed E-state index contributed by atoms with van der Waals surface area (Å²) in [6.07, 6.45) is 4.04. The lowest BCUT2D eigenvalue weighted by atomic mass is 10.1. The van der Waals surface area contributed by atoms with Gasteiger partial charge in [-0.25, -0.2) is 9.97 Å². The molecule has 0 aliphatic rings. The van der Waals surface area contributed by atoms with Crippen LogP contribution in [0, 0.1) is 0 Å². The first-order valence-electron chi connectivity index (χ1n) is 6.66. The van der Waals surface area contributed by atoms with Gasteiger partial charge >= 0.3 is 6.01 Å². The molecule has 0 aliphatic carbocycles. The Bertz CT molecular complexity index is 602. The summed E-state index contributed by atoms with van der Waals surface area (Å²) in [5, 5.41) is 3.42. The maximum absolute atomic E-state index is 11.9. The van der Waals surface area contributed by atoms with Crippen LogP contribution in [0.1, 0.15) is 18.9 Å². The number of nitrogens with one attached hydrogen (secondary N) is 1. The Labute approximate surface area is 128 Å². The van der Waals surface area contributed by atoms with Gasteiger partial charge in [0, 0.05) is 11.4 Å². The van der Waals surface area contributed by atoms with Crippen molar-refractivity contribution in [3.63, 3.8) is 0 Å². The molecule has 0 radical (unpaired) electrons. The summed E-state index contributed by atoms with van der Waals surface area (Å²) in [6, 6.07) is 7.78. The van der Waals surface area contributed by atoms with Gasteiger partial charge in [0.25, 0.3) is 0 Å². The number of ether oxygens (including phenoxy) is 1. The number of halogens is 1. The molecule has 1 aromatic heterocycles. The van der Waals surface area contributed by atoms with Crippen LogP contribution in [0.15, 0.2) is 36.7 Å². The Kier molecular flexibility index (Phi) is 5.51. The Morgan fingerprint density at radius 2 is 2.10 bits per heavy atom. The van der Waals surface area contributed by atoms with Crippen molar-refractivity contribution in [1.29, 1.82) is 0 Å². The number of nitrogens with zero attached hydrogens (tertiary/aromatic N) is 2. The second-order valence-electron chi connectivity index (χ2n) is 4.37. The number of benzene rings is 1. The Morgan fingerprint density at radius 1 is 1.33 bits per heavy atom. The zero-order valence-electron chi connectivity index (χ0n) is 11.7. The standard InChI is InChI=1S/C15H16ClN3O2/c1-2-21-15-17-9-13(10-18-15)19-14(20)7-6-11-4-3-5-12(16)8-11/h3-5,8-10H,2,6-7H2,1H3,(H,19,20). The SMILES string of the molecule is CCOc1ncc(NC(=O)CCc2cccc(Cl)c2)cn1. The minimum absolute atomic E-state index is 0.0947. The van der Waals surface area contributed by atoms with E-state index in [4.69, 9.17) is 16.3 Å². The fourth-order valence-corrected chi connectivity index (χ4v) is 1.97. The van der Waals surface area contributed by atoms with E-state index >= 15 is 0 Å². The van der Waals surface area contributed by atoms with Gasteiger partial charge in [0.05, 0.1) is 24.7 Å². The highest BCUT2D eigenvalue weighted by molar-refractivity contribution is 6.30. The van der Waals surface area contributed by atoms with Crippen molar-refractivity contribution in [3.05, 3.63) is 47.2 Å². The van der Waals surface area contributed by atoms with Gasteiger partial charge in [-0.1, -0.05) is 23.7 Å². The summed E-state index contributed by atoms with van der Waals surface area (Å²) in [5.74, 6) is -0.0947. The lowest BCUT2D eigenvalue weighted by molar-refractivity contribution is -0.116. The first-order valence-corrected chi connectivity index (χ1v) is 7.04. The molecule has 1 aromatic carbocycles. The summed E-state index contributed by atoms with van der Waals surface area (Å²) >= 11 is 5.90. The third-order valence-corrected chi connectivity index (χ3v) is 2.95. The molecule has 0 saturated carbocycles. The second kappa shape index (κ2) is 7.59. The smallest absolute Gasteiger partial charge is 0.316 e. The molecule has 6 heteroatoms. The van der Waals surface area contributed by atoms with Crippen LogP contribution in [-0.4, -0.2) is 22.5 Å². The number of carbonyl (C=O) groups excluding carboxylic acids is 1. The third kappa shape index (κ3) is 5.04. The van der Waals surface area contributed by atoms with Crippen LogP contribution in [0.2, 0.25) is 5.02 Å². The number of carbonyl (C=O) groups is 1. The topological polar surface area (TPSA) is 64.1 Å². The van der Waals surface area contributed by atoms with Gasteiger partial charge in [-0.15, -0.1) is 0 Å². The summed E-state index contributed by atoms with van der Waals surface area (Å²) in [4.78, 5) is 19.8. The van der Waals surface area contributed by atoms with Crippen LogP contribution in [0.5, 0.6) is 6.01 Å². The predicted octanol–water partition coefficient (Wildman–Crippen LogP) is 3.10. The van der Waals surface area contributed by atoms with Gasteiger partial charge in [-0.05, 0) is 31.0 Å². The van der Waals surface area contributed by atoms with Crippen LogP contribution in [0.25, 0.3) is 0 Å². The van der Waals surface area contributed by atoms with Crippen molar-refractivity contribution in [3.8, 4) is 6.01 Å². The molecule has 1 N–H and O–H groups in total. The Hall–Kier alpha value is -2.14. The third-order valence-electron chi connectivity index (χ3n) is 2.72. The quantitative estimate of drug-likeness (QED) is 0.890. The molecule has 0 saturated heterocycles. The average molecular weight is 306 g/mol. The summed E-state index contributed by atoms with van der Waals surface area (Å²) in [6.45, 7) is 2.36. The van der Waals surface area contributed by atoms with E-state index in [-0.39, 0.29) is 5.91 Å². The van der Waals surface area contributed by atoms with Crippen LogP contribution >= 0.6 is 11.6 Å². The molecule has 5 nitrogen and oxygen atoms in total. The molecule has 2 aromatic rings. The normalized spacial score (nSPS) is 10.2. The maximum Gasteiger partial charge on any atom is 0.316 e. The van der Waals surface area contributed by atoms with Crippen molar-refractivity contribution < 1.29 is 9.53 Å². The molecule has 110 valence electrons. The predicted molar refractivity (Wildman–Crippen MR) is 81.6 cm³/mol. The van der Waals surface area contributed by atoms with E-state index in [1.807, 2.05) is 31.2 Å². The number of rotatable bonds is 6. The summed E-state index contributed by atoms with van der Waals surface area (Å²) < 4.78 is 5.13. The summed E-state index contributed by atoms with van der Waals surface area (Å²) in [7, 11) is 0. The second-order valence-corrected chi connectivity index (χ2v) is 4.80. The molecule has 2 rings (SSSR count). The molecule has 0 unspecified atom stereocenters. The van der Waals surface area contributed by atoms with Crippen LogP contribution in [0.3, 0.4) is 0 Å². The van der Waals surface area contributed by atoms with Gasteiger partial charge in [0.15, 0.2) is 0 Å². The van der Waals surface area contributed by atoms with E-state index < -0.39 is 0 Å². The first kappa shape index (κ1) is 15.3. The molecule has 0 atom stereocenters. The van der Waals surface area contributed by atoms with Crippen molar-refractivity contribution in [2.75, 3.05) is 11.9 Å². The molecule has 0 fully saturated rings.